The van der Waals surface area contributed by atoms with Gasteiger partial charge in [-0.2, -0.15) is 0 Å². The van der Waals surface area contributed by atoms with Crippen LogP contribution >= 0.6 is 11.6 Å². The quantitative estimate of drug-likeness (QED) is 0.492. The first-order valence-corrected chi connectivity index (χ1v) is 14.0. The van der Waals surface area contributed by atoms with Crippen LogP contribution in [0.25, 0.3) is 0 Å². The summed E-state index contributed by atoms with van der Waals surface area (Å²) < 4.78 is 0. The van der Waals surface area contributed by atoms with E-state index in [4.69, 9.17) is 16.4 Å². The van der Waals surface area contributed by atoms with Crippen molar-refractivity contribution in [2.45, 2.75) is 31.7 Å². The number of hydroxylamine groups is 2. The van der Waals surface area contributed by atoms with E-state index in [9.17, 15) is 19.2 Å². The lowest BCUT2D eigenvalue weighted by Crippen LogP contribution is -2.54. The van der Waals surface area contributed by atoms with E-state index in [2.05, 4.69) is 0 Å². The average molecular weight is 568 g/mol. The monoisotopic (exact) mass is 567 g/mol. The van der Waals surface area contributed by atoms with Crippen molar-refractivity contribution in [1.29, 1.82) is 0 Å². The number of carbonyl (C=O) groups is 4. The molecule has 5 rings (SSSR count). The smallest absolute Gasteiger partial charge is 0.378 e. The number of imide groups is 1. The molecule has 212 valence electrons. The van der Waals surface area contributed by atoms with Gasteiger partial charge in [-0.1, -0.05) is 28.8 Å². The van der Waals surface area contributed by atoms with Gasteiger partial charge in [0.1, 0.15) is 6.04 Å². The molecule has 40 heavy (non-hydrogen) atoms. The summed E-state index contributed by atoms with van der Waals surface area (Å²) in [5.41, 5.74) is 2.71. The fraction of sp³-hybridized carbons (Fsp3) is 0.448. The second-order valence-electron chi connectivity index (χ2n) is 10.8. The van der Waals surface area contributed by atoms with Crippen LogP contribution in [0.1, 0.15) is 35.2 Å². The fourth-order valence-corrected chi connectivity index (χ4v) is 5.61. The van der Waals surface area contributed by atoms with Crippen LogP contribution in [0.15, 0.2) is 48.5 Å². The Balaban J connectivity index is 1.12. The van der Waals surface area contributed by atoms with Crippen molar-refractivity contribution >= 4 is 41.2 Å². The Bertz CT molecular complexity index is 1260. The van der Waals surface area contributed by atoms with Gasteiger partial charge in [-0.15, -0.1) is 0 Å². The maximum absolute atomic E-state index is 13.1. The van der Waals surface area contributed by atoms with Gasteiger partial charge in [0.15, 0.2) is 0 Å². The highest BCUT2D eigenvalue weighted by Crippen LogP contribution is 2.27. The van der Waals surface area contributed by atoms with E-state index in [0.717, 1.165) is 36.4 Å². The molecule has 3 aliphatic heterocycles. The van der Waals surface area contributed by atoms with E-state index in [1.165, 1.54) is 10.5 Å². The number of fused-ring (bicyclic) bond motifs is 1. The van der Waals surface area contributed by atoms with Crippen molar-refractivity contribution in [3.8, 4) is 0 Å². The third kappa shape index (κ3) is 5.86. The Morgan fingerprint density at radius 2 is 1.60 bits per heavy atom. The van der Waals surface area contributed by atoms with Crippen LogP contribution in [0, 0.1) is 5.92 Å². The Hall–Kier alpha value is -3.79. The molecule has 10 nitrogen and oxygen atoms in total. The van der Waals surface area contributed by atoms with Gasteiger partial charge in [0, 0.05) is 56.5 Å². The molecule has 0 radical (unpaired) electrons. The summed E-state index contributed by atoms with van der Waals surface area (Å²) in [6.45, 7) is 1.52. The second kappa shape index (κ2) is 11.8. The molecule has 0 saturated carbocycles. The Morgan fingerprint density at radius 1 is 0.925 bits per heavy atom. The van der Waals surface area contributed by atoms with Gasteiger partial charge in [0.2, 0.25) is 0 Å². The van der Waals surface area contributed by atoms with Crippen molar-refractivity contribution in [2.75, 3.05) is 51.7 Å². The number of anilines is 1. The molecular weight excluding hydrogens is 534 g/mol. The third-order valence-corrected chi connectivity index (χ3v) is 8.25. The third-order valence-electron chi connectivity index (χ3n) is 8.00. The predicted molar refractivity (Wildman–Crippen MR) is 150 cm³/mol. The molecule has 2 aromatic carbocycles. The SMILES string of the molecule is CN(C)c1ccc(C(=O)N2CCN3C(=O)N(OC(=O)N4CCC(CCc5ccc(Cl)cc5)CC4)C(=O)C3C2)cc1. The summed E-state index contributed by atoms with van der Waals surface area (Å²) in [6, 6.07) is 13.5. The largest absolute Gasteiger partial charge is 0.434 e. The molecule has 0 aliphatic carbocycles. The molecule has 11 heteroatoms. The molecule has 0 aromatic heterocycles. The summed E-state index contributed by atoms with van der Waals surface area (Å²) >= 11 is 5.96. The first-order valence-electron chi connectivity index (χ1n) is 13.6. The molecule has 3 aliphatic rings. The normalized spacial score (nSPS) is 19.6. The van der Waals surface area contributed by atoms with Crippen LogP contribution in [-0.2, 0) is 16.1 Å². The van der Waals surface area contributed by atoms with Crippen molar-refractivity contribution in [3.63, 3.8) is 0 Å². The number of benzene rings is 2. The van der Waals surface area contributed by atoms with Gasteiger partial charge < -0.3 is 24.4 Å². The summed E-state index contributed by atoms with van der Waals surface area (Å²) in [5, 5.41) is 1.29. The number of urea groups is 1. The minimum atomic E-state index is -0.877. The number of halogens is 1. The molecule has 1 atom stereocenters. The van der Waals surface area contributed by atoms with Crippen LogP contribution in [0.2, 0.25) is 5.02 Å². The van der Waals surface area contributed by atoms with E-state index in [0.29, 0.717) is 29.6 Å². The zero-order chi connectivity index (χ0) is 28.4. The molecule has 3 heterocycles. The Morgan fingerprint density at radius 3 is 2.25 bits per heavy atom. The molecule has 0 bridgehead atoms. The van der Waals surface area contributed by atoms with Crippen LogP contribution in [0.3, 0.4) is 0 Å². The number of likely N-dealkylation sites (tertiary alicyclic amines) is 1. The second-order valence-corrected chi connectivity index (χ2v) is 11.2. The number of aryl methyl sites for hydroxylation is 1. The standard InChI is InChI=1S/C29H34ClN5O5/c1-31(2)24-11-7-22(8-12-24)26(36)33-17-18-34-25(19-33)27(37)35(28(34)38)40-29(39)32-15-13-21(14-16-32)4-3-20-5-9-23(30)10-6-20/h5-12,21,25H,3-4,13-19H2,1-2H3. The Kier molecular flexibility index (Phi) is 8.16. The van der Waals surface area contributed by atoms with Gasteiger partial charge in [-0.25, -0.2) is 9.59 Å². The van der Waals surface area contributed by atoms with E-state index in [1.54, 1.807) is 21.9 Å². The van der Waals surface area contributed by atoms with Gasteiger partial charge in [-0.3, -0.25) is 9.59 Å². The summed E-state index contributed by atoms with van der Waals surface area (Å²) in [4.78, 5) is 63.7. The van der Waals surface area contributed by atoms with E-state index >= 15 is 0 Å². The number of hydrogen-bond acceptors (Lipinski definition) is 6. The lowest BCUT2D eigenvalue weighted by molar-refractivity contribution is -0.152. The zero-order valence-electron chi connectivity index (χ0n) is 22.8. The fourth-order valence-electron chi connectivity index (χ4n) is 5.48. The molecule has 5 amide bonds. The topological polar surface area (TPSA) is 93.7 Å². The van der Waals surface area contributed by atoms with Gasteiger partial charge in [0.05, 0.1) is 6.54 Å². The first-order chi connectivity index (χ1) is 19.2. The molecule has 3 fully saturated rings. The zero-order valence-corrected chi connectivity index (χ0v) is 23.5. The molecular formula is C29H34ClN5O5. The highest BCUT2D eigenvalue weighted by Gasteiger charge is 2.51. The highest BCUT2D eigenvalue weighted by molar-refractivity contribution is 6.30. The number of nitrogens with zero attached hydrogens (tertiary/aromatic N) is 5. The van der Waals surface area contributed by atoms with Crippen molar-refractivity contribution < 1.29 is 24.0 Å². The van der Waals surface area contributed by atoms with Crippen LogP contribution < -0.4 is 4.90 Å². The van der Waals surface area contributed by atoms with Gasteiger partial charge in [0.25, 0.3) is 11.8 Å². The average Bonchev–Trinajstić information content (AvgIpc) is 3.21. The molecule has 1 unspecified atom stereocenters. The highest BCUT2D eigenvalue weighted by atomic mass is 35.5. The number of rotatable bonds is 6. The van der Waals surface area contributed by atoms with Crippen molar-refractivity contribution in [3.05, 3.63) is 64.7 Å². The molecule has 3 saturated heterocycles. The van der Waals surface area contributed by atoms with Crippen molar-refractivity contribution in [2.24, 2.45) is 5.92 Å². The van der Waals surface area contributed by atoms with Gasteiger partial charge in [-0.05, 0) is 73.6 Å². The predicted octanol–water partition coefficient (Wildman–Crippen LogP) is 3.89. The first kappa shape index (κ1) is 27.8. The van der Waals surface area contributed by atoms with Gasteiger partial charge >= 0.3 is 12.1 Å². The molecule has 2 aromatic rings. The minimum absolute atomic E-state index is 0.0475. The number of amides is 5. The van der Waals surface area contributed by atoms with E-state index in [-0.39, 0.29) is 25.5 Å². The number of piperazine rings is 1. The lowest BCUT2D eigenvalue weighted by Gasteiger charge is -2.35. The van der Waals surface area contributed by atoms with E-state index < -0.39 is 24.1 Å². The molecule has 0 N–H and O–H groups in total. The number of hydrogen-bond donors (Lipinski definition) is 0. The Labute approximate surface area is 238 Å². The molecule has 0 spiro atoms. The van der Waals surface area contributed by atoms with Crippen LogP contribution in [0.4, 0.5) is 15.3 Å². The number of carbonyl (C=O) groups excluding carboxylic acids is 4. The minimum Gasteiger partial charge on any atom is -0.378 e. The number of piperidine rings is 1. The van der Waals surface area contributed by atoms with Crippen LogP contribution in [-0.4, -0.2) is 96.6 Å². The summed E-state index contributed by atoms with van der Waals surface area (Å²) in [7, 11) is 3.84. The van der Waals surface area contributed by atoms with Crippen LogP contribution in [0.5, 0.6) is 0 Å². The lowest BCUT2D eigenvalue weighted by atomic mass is 9.91. The summed E-state index contributed by atoms with van der Waals surface area (Å²) in [6.07, 6.45) is 2.91. The van der Waals surface area contributed by atoms with E-state index in [1.807, 2.05) is 55.4 Å². The summed E-state index contributed by atoms with van der Waals surface area (Å²) in [5.74, 6) is -0.359. The van der Waals surface area contributed by atoms with Crippen molar-refractivity contribution in [1.82, 2.24) is 19.8 Å². The maximum Gasteiger partial charge on any atom is 0.434 e. The maximum atomic E-state index is 13.1.